The van der Waals surface area contributed by atoms with E-state index in [1.165, 1.54) is 91.7 Å². The van der Waals surface area contributed by atoms with E-state index >= 15 is 0 Å². The van der Waals surface area contributed by atoms with Crippen LogP contribution in [-0.4, -0.2) is 9.13 Å². The summed E-state index contributed by atoms with van der Waals surface area (Å²) in [4.78, 5) is 0. The summed E-state index contributed by atoms with van der Waals surface area (Å²) >= 11 is 1.88. The van der Waals surface area contributed by atoms with Crippen LogP contribution in [0.1, 0.15) is 0 Å². The third kappa shape index (κ3) is 4.29. The Kier molecular flexibility index (Phi) is 6.16. The van der Waals surface area contributed by atoms with Gasteiger partial charge in [0, 0.05) is 53.1 Å². The summed E-state index contributed by atoms with van der Waals surface area (Å²) in [6, 6.07) is 66.5. The van der Waals surface area contributed by atoms with Gasteiger partial charge in [0.05, 0.1) is 22.1 Å². The van der Waals surface area contributed by atoms with Crippen LogP contribution in [0.3, 0.4) is 0 Å². The first-order chi connectivity index (χ1) is 25.3. The lowest BCUT2D eigenvalue weighted by Gasteiger charge is -2.11. The molecule has 0 aliphatic carbocycles. The van der Waals surface area contributed by atoms with Crippen molar-refractivity contribution in [2.75, 3.05) is 0 Å². The maximum Gasteiger partial charge on any atom is 0.0548 e. The fourth-order valence-corrected chi connectivity index (χ4v) is 9.32. The molecule has 0 unspecified atom stereocenters. The molecule has 0 saturated carbocycles. The molecule has 3 heterocycles. The smallest absolute Gasteiger partial charge is 0.0548 e. The molecule has 51 heavy (non-hydrogen) atoms. The molecule has 0 atom stereocenters. The van der Waals surface area contributed by atoms with Gasteiger partial charge in [-0.15, -0.1) is 11.3 Å². The Morgan fingerprint density at radius 3 is 1.39 bits per heavy atom. The van der Waals surface area contributed by atoms with E-state index < -0.39 is 0 Å². The molecular formula is C48H30N2S. The van der Waals surface area contributed by atoms with Crippen LogP contribution in [0.2, 0.25) is 0 Å². The first-order valence-corrected chi connectivity index (χ1v) is 18.3. The van der Waals surface area contributed by atoms with Gasteiger partial charge in [0.2, 0.25) is 0 Å². The molecule has 0 spiro atoms. The minimum absolute atomic E-state index is 1.16. The van der Waals surface area contributed by atoms with Gasteiger partial charge in [-0.2, -0.15) is 0 Å². The highest BCUT2D eigenvalue weighted by atomic mass is 32.1. The first kappa shape index (κ1) is 28.4. The third-order valence-corrected chi connectivity index (χ3v) is 11.7. The van der Waals surface area contributed by atoms with Crippen molar-refractivity contribution in [2.45, 2.75) is 0 Å². The highest BCUT2D eigenvalue weighted by molar-refractivity contribution is 7.26. The average Bonchev–Trinajstić information content (AvgIpc) is 3.86. The van der Waals surface area contributed by atoms with Crippen molar-refractivity contribution in [1.29, 1.82) is 0 Å². The Morgan fingerprint density at radius 2 is 0.765 bits per heavy atom. The van der Waals surface area contributed by atoms with Crippen molar-refractivity contribution in [3.05, 3.63) is 182 Å². The molecule has 11 aromatic rings. The van der Waals surface area contributed by atoms with E-state index in [1.807, 2.05) is 11.3 Å². The van der Waals surface area contributed by atoms with E-state index in [-0.39, 0.29) is 0 Å². The Morgan fingerprint density at radius 1 is 0.294 bits per heavy atom. The molecule has 11 rings (SSSR count). The topological polar surface area (TPSA) is 9.86 Å². The lowest BCUT2D eigenvalue weighted by atomic mass is 10.0. The quantitative estimate of drug-likeness (QED) is 0.177. The van der Waals surface area contributed by atoms with Gasteiger partial charge in [-0.05, 0) is 89.0 Å². The predicted molar refractivity (Wildman–Crippen MR) is 219 cm³/mol. The summed E-state index contributed by atoms with van der Waals surface area (Å²) in [5.74, 6) is 0. The monoisotopic (exact) mass is 666 g/mol. The molecule has 0 saturated heterocycles. The Bertz CT molecular complexity index is 3050. The molecular weight excluding hydrogens is 637 g/mol. The SMILES string of the molecule is c1ccc(-c2ccc3sc4ccc5c(c6ccccc6n5-c5ccc(-c6ccc(-n7c8ccccc8c8ccccc87)cc6)cc5)c4c3c2)cc1. The maximum absolute atomic E-state index is 2.43. The zero-order valence-electron chi connectivity index (χ0n) is 27.6. The van der Waals surface area contributed by atoms with Crippen molar-refractivity contribution in [1.82, 2.24) is 9.13 Å². The van der Waals surface area contributed by atoms with E-state index in [1.54, 1.807) is 0 Å². The summed E-state index contributed by atoms with van der Waals surface area (Å²) < 4.78 is 7.45. The van der Waals surface area contributed by atoms with Gasteiger partial charge < -0.3 is 9.13 Å². The molecule has 238 valence electrons. The number of thiophene rings is 1. The van der Waals surface area contributed by atoms with Crippen LogP contribution < -0.4 is 0 Å². The molecule has 2 nitrogen and oxygen atoms in total. The lowest BCUT2D eigenvalue weighted by molar-refractivity contribution is 1.18. The van der Waals surface area contributed by atoms with Crippen LogP contribution in [0.4, 0.5) is 0 Å². The molecule has 3 heteroatoms. The Balaban J connectivity index is 1.02. The number of nitrogens with zero attached hydrogens (tertiary/aromatic N) is 2. The first-order valence-electron chi connectivity index (χ1n) is 17.4. The average molecular weight is 667 g/mol. The molecule has 0 aliphatic rings. The number of fused-ring (bicyclic) bond motifs is 10. The van der Waals surface area contributed by atoms with Crippen LogP contribution in [0, 0.1) is 0 Å². The molecule has 0 bridgehead atoms. The molecule has 0 N–H and O–H groups in total. The van der Waals surface area contributed by atoms with E-state index in [9.17, 15) is 0 Å². The second-order valence-corrected chi connectivity index (χ2v) is 14.4. The summed E-state index contributed by atoms with van der Waals surface area (Å²) in [5.41, 5.74) is 12.1. The standard InChI is InChI=1S/C48H30N2S/c1-2-10-31(11-3-1)34-22-28-45-40(30-34)48-46(51-45)29-27-44-47(48)39-14-6-9-17-43(39)50(44)36-25-20-33(21-26-36)32-18-23-35(24-19-32)49-41-15-7-4-12-37(41)38-13-5-8-16-42(38)49/h1-30H. The van der Waals surface area contributed by atoms with Gasteiger partial charge in [0.1, 0.15) is 0 Å². The maximum atomic E-state index is 2.43. The van der Waals surface area contributed by atoms with Crippen LogP contribution in [0.15, 0.2) is 182 Å². The van der Waals surface area contributed by atoms with Gasteiger partial charge in [-0.3, -0.25) is 0 Å². The molecule has 0 radical (unpaired) electrons. The third-order valence-electron chi connectivity index (χ3n) is 10.5. The highest BCUT2D eigenvalue weighted by Crippen LogP contribution is 2.44. The molecule has 8 aromatic carbocycles. The number of hydrogen-bond donors (Lipinski definition) is 0. The Labute approximate surface area is 298 Å². The Hall–Kier alpha value is -6.42. The summed E-state index contributed by atoms with van der Waals surface area (Å²) in [6.07, 6.45) is 0. The van der Waals surface area contributed by atoms with Crippen molar-refractivity contribution in [3.8, 4) is 33.6 Å². The molecule has 0 amide bonds. The van der Waals surface area contributed by atoms with E-state index in [4.69, 9.17) is 0 Å². The lowest BCUT2D eigenvalue weighted by Crippen LogP contribution is -1.94. The van der Waals surface area contributed by atoms with E-state index in [0.29, 0.717) is 0 Å². The van der Waals surface area contributed by atoms with Crippen LogP contribution in [0.5, 0.6) is 0 Å². The van der Waals surface area contributed by atoms with Crippen LogP contribution >= 0.6 is 11.3 Å². The van der Waals surface area contributed by atoms with Crippen molar-refractivity contribution < 1.29 is 0 Å². The zero-order valence-corrected chi connectivity index (χ0v) is 28.4. The van der Waals surface area contributed by atoms with Gasteiger partial charge in [0.15, 0.2) is 0 Å². The van der Waals surface area contributed by atoms with E-state index in [0.717, 1.165) is 5.69 Å². The molecule has 3 aromatic heterocycles. The fourth-order valence-electron chi connectivity index (χ4n) is 8.22. The largest absolute Gasteiger partial charge is 0.309 e. The molecule has 0 fully saturated rings. The summed E-state index contributed by atoms with van der Waals surface area (Å²) in [6.45, 7) is 0. The number of benzene rings is 8. The van der Waals surface area contributed by atoms with E-state index in [2.05, 4.69) is 191 Å². The number of aromatic nitrogens is 2. The summed E-state index contributed by atoms with van der Waals surface area (Å²) in [7, 11) is 0. The molecule has 0 aliphatic heterocycles. The number of para-hydroxylation sites is 3. The zero-order chi connectivity index (χ0) is 33.5. The van der Waals surface area contributed by atoms with Gasteiger partial charge in [0.25, 0.3) is 0 Å². The highest BCUT2D eigenvalue weighted by Gasteiger charge is 2.18. The second kappa shape index (κ2) is 11.0. The normalized spacial score (nSPS) is 11.9. The van der Waals surface area contributed by atoms with Crippen molar-refractivity contribution in [2.24, 2.45) is 0 Å². The van der Waals surface area contributed by atoms with Crippen molar-refractivity contribution in [3.63, 3.8) is 0 Å². The van der Waals surface area contributed by atoms with Gasteiger partial charge >= 0.3 is 0 Å². The van der Waals surface area contributed by atoms with Gasteiger partial charge in [-0.25, -0.2) is 0 Å². The fraction of sp³-hybridized carbons (Fsp3) is 0. The minimum Gasteiger partial charge on any atom is -0.309 e. The van der Waals surface area contributed by atoms with Crippen molar-refractivity contribution >= 4 is 75.1 Å². The predicted octanol–water partition coefficient (Wildman–Crippen LogP) is 13.6. The number of hydrogen-bond acceptors (Lipinski definition) is 1. The summed E-state index contributed by atoms with van der Waals surface area (Å²) in [5, 5.41) is 7.84. The minimum atomic E-state index is 1.16. The number of rotatable bonds is 4. The van der Waals surface area contributed by atoms with Gasteiger partial charge in [-0.1, -0.05) is 115 Å². The van der Waals surface area contributed by atoms with Crippen LogP contribution in [0.25, 0.3) is 97.4 Å². The second-order valence-electron chi connectivity index (χ2n) is 13.3. The van der Waals surface area contributed by atoms with Crippen LogP contribution in [-0.2, 0) is 0 Å².